The Balaban J connectivity index is 2.30. The summed E-state index contributed by atoms with van der Waals surface area (Å²) in [5.74, 6) is -1.34. The molecule has 0 unspecified atom stereocenters. The molecular formula is C15H18O4. The van der Waals surface area contributed by atoms with E-state index in [1.165, 1.54) is 6.08 Å². The fourth-order valence-electron chi connectivity index (χ4n) is 1.41. The molecule has 4 heteroatoms. The lowest BCUT2D eigenvalue weighted by Gasteiger charge is -2.10. The molecule has 1 aromatic carbocycles. The molecule has 0 bridgehead atoms. The summed E-state index contributed by atoms with van der Waals surface area (Å²) < 4.78 is 9.94. The molecule has 0 saturated heterocycles. The predicted octanol–water partition coefficient (Wildman–Crippen LogP) is 2.49. The van der Waals surface area contributed by atoms with Crippen LogP contribution in [0.2, 0.25) is 0 Å². The molecule has 0 aliphatic carbocycles. The van der Waals surface area contributed by atoms with Gasteiger partial charge in [0.25, 0.3) is 0 Å². The van der Waals surface area contributed by atoms with E-state index < -0.39 is 17.9 Å². The van der Waals surface area contributed by atoms with Crippen LogP contribution in [-0.2, 0) is 25.7 Å². The molecule has 0 heterocycles. The number of hydrogen-bond acceptors (Lipinski definition) is 4. The van der Waals surface area contributed by atoms with Crippen molar-refractivity contribution in [3.8, 4) is 0 Å². The van der Waals surface area contributed by atoms with Crippen LogP contribution in [-0.4, -0.2) is 18.5 Å². The van der Waals surface area contributed by atoms with E-state index in [0.717, 1.165) is 5.56 Å². The predicted molar refractivity (Wildman–Crippen MR) is 71.2 cm³/mol. The SMILES string of the molecule is C=CCOC(=O)[C@@H](C)CC(=O)OCc1ccccc1. The second kappa shape index (κ2) is 8.08. The molecule has 1 atom stereocenters. The molecule has 19 heavy (non-hydrogen) atoms. The Morgan fingerprint density at radius 3 is 2.58 bits per heavy atom. The van der Waals surface area contributed by atoms with E-state index in [0.29, 0.717) is 0 Å². The van der Waals surface area contributed by atoms with Crippen LogP contribution in [0.5, 0.6) is 0 Å². The molecule has 4 nitrogen and oxygen atoms in total. The molecule has 0 amide bonds. The van der Waals surface area contributed by atoms with Crippen molar-refractivity contribution < 1.29 is 19.1 Å². The number of benzene rings is 1. The minimum Gasteiger partial charge on any atom is -0.461 e. The zero-order valence-electron chi connectivity index (χ0n) is 11.0. The fourth-order valence-corrected chi connectivity index (χ4v) is 1.41. The number of carbonyl (C=O) groups excluding carboxylic acids is 2. The molecule has 1 rings (SSSR count). The minimum absolute atomic E-state index is 0.0167. The second-order valence-electron chi connectivity index (χ2n) is 4.17. The normalized spacial score (nSPS) is 11.4. The van der Waals surface area contributed by atoms with Gasteiger partial charge in [-0.05, 0) is 5.56 Å². The third-order valence-electron chi connectivity index (χ3n) is 2.46. The lowest BCUT2D eigenvalue weighted by Crippen LogP contribution is -2.19. The summed E-state index contributed by atoms with van der Waals surface area (Å²) in [6.07, 6.45) is 1.50. The molecule has 0 aromatic heterocycles. The molecular weight excluding hydrogens is 244 g/mol. The van der Waals surface area contributed by atoms with Crippen molar-refractivity contribution in [3.05, 3.63) is 48.6 Å². The first kappa shape index (κ1) is 15.0. The van der Waals surface area contributed by atoms with E-state index in [2.05, 4.69) is 6.58 Å². The number of rotatable bonds is 7. The maximum atomic E-state index is 11.6. The van der Waals surface area contributed by atoms with Crippen molar-refractivity contribution in [1.29, 1.82) is 0 Å². The Hall–Kier alpha value is -2.10. The average Bonchev–Trinajstić information content (AvgIpc) is 2.43. The van der Waals surface area contributed by atoms with E-state index in [4.69, 9.17) is 9.47 Å². The highest BCUT2D eigenvalue weighted by atomic mass is 16.5. The summed E-state index contributed by atoms with van der Waals surface area (Å²) in [5, 5.41) is 0. The van der Waals surface area contributed by atoms with Crippen LogP contribution >= 0.6 is 0 Å². The van der Waals surface area contributed by atoms with E-state index in [1.54, 1.807) is 6.92 Å². The van der Waals surface area contributed by atoms with Crippen molar-refractivity contribution in [2.75, 3.05) is 6.61 Å². The molecule has 0 fully saturated rings. The van der Waals surface area contributed by atoms with Gasteiger partial charge in [0.05, 0.1) is 12.3 Å². The molecule has 0 aliphatic heterocycles. The lowest BCUT2D eigenvalue weighted by atomic mass is 10.1. The van der Waals surface area contributed by atoms with Gasteiger partial charge in [0.15, 0.2) is 0 Å². The summed E-state index contributed by atoms with van der Waals surface area (Å²) in [6, 6.07) is 9.38. The number of carbonyl (C=O) groups is 2. The van der Waals surface area contributed by atoms with Gasteiger partial charge in [-0.1, -0.05) is 49.9 Å². The standard InChI is InChI=1S/C15H18O4/c1-3-9-18-15(17)12(2)10-14(16)19-11-13-7-5-4-6-8-13/h3-8,12H,1,9-11H2,2H3/t12-/m0/s1. The van der Waals surface area contributed by atoms with E-state index >= 15 is 0 Å². The maximum Gasteiger partial charge on any atom is 0.309 e. The summed E-state index contributed by atoms with van der Waals surface area (Å²) in [6.45, 7) is 5.45. The zero-order valence-corrected chi connectivity index (χ0v) is 11.0. The van der Waals surface area contributed by atoms with Crippen LogP contribution in [0.3, 0.4) is 0 Å². The number of ether oxygens (including phenoxy) is 2. The van der Waals surface area contributed by atoms with Crippen molar-refractivity contribution in [1.82, 2.24) is 0 Å². The first-order valence-electron chi connectivity index (χ1n) is 6.10. The Kier molecular flexibility index (Phi) is 6.36. The highest BCUT2D eigenvalue weighted by molar-refractivity contribution is 5.79. The van der Waals surface area contributed by atoms with Gasteiger partial charge in [-0.3, -0.25) is 9.59 Å². The van der Waals surface area contributed by atoms with Gasteiger partial charge in [-0.2, -0.15) is 0 Å². The van der Waals surface area contributed by atoms with Gasteiger partial charge < -0.3 is 9.47 Å². The molecule has 0 saturated carbocycles. The minimum atomic E-state index is -0.511. The smallest absolute Gasteiger partial charge is 0.309 e. The second-order valence-corrected chi connectivity index (χ2v) is 4.17. The van der Waals surface area contributed by atoms with Crippen LogP contribution in [0.1, 0.15) is 18.9 Å². The van der Waals surface area contributed by atoms with Crippen LogP contribution in [0.4, 0.5) is 0 Å². The first-order chi connectivity index (χ1) is 9.13. The summed E-state index contributed by atoms with van der Waals surface area (Å²) in [5.41, 5.74) is 0.915. The summed E-state index contributed by atoms with van der Waals surface area (Å²) >= 11 is 0. The van der Waals surface area contributed by atoms with E-state index in [9.17, 15) is 9.59 Å². The summed E-state index contributed by atoms with van der Waals surface area (Å²) in [7, 11) is 0. The highest BCUT2D eigenvalue weighted by Gasteiger charge is 2.18. The molecule has 102 valence electrons. The van der Waals surface area contributed by atoms with Gasteiger partial charge in [0.1, 0.15) is 13.2 Å². The quantitative estimate of drug-likeness (QED) is 0.559. The molecule has 1 aromatic rings. The van der Waals surface area contributed by atoms with Crippen LogP contribution in [0.25, 0.3) is 0 Å². The first-order valence-corrected chi connectivity index (χ1v) is 6.10. The Labute approximate surface area is 113 Å². The van der Waals surface area contributed by atoms with Gasteiger partial charge in [-0.25, -0.2) is 0 Å². The third-order valence-corrected chi connectivity index (χ3v) is 2.46. The zero-order chi connectivity index (χ0) is 14.1. The van der Waals surface area contributed by atoms with Gasteiger partial charge >= 0.3 is 11.9 Å². The van der Waals surface area contributed by atoms with Crippen molar-refractivity contribution in [2.24, 2.45) is 5.92 Å². The monoisotopic (exact) mass is 262 g/mol. The molecule has 0 aliphatic rings. The third kappa shape index (κ3) is 5.86. The molecule has 0 N–H and O–H groups in total. The lowest BCUT2D eigenvalue weighted by molar-refractivity contribution is -0.154. The van der Waals surface area contributed by atoms with Crippen molar-refractivity contribution in [2.45, 2.75) is 20.0 Å². The summed E-state index contributed by atoms with van der Waals surface area (Å²) in [4.78, 5) is 23.0. The van der Waals surface area contributed by atoms with Crippen molar-refractivity contribution >= 4 is 11.9 Å². The number of esters is 2. The Bertz CT molecular complexity index is 425. The Morgan fingerprint density at radius 2 is 1.95 bits per heavy atom. The fraction of sp³-hybridized carbons (Fsp3) is 0.333. The number of hydrogen-bond donors (Lipinski definition) is 0. The van der Waals surface area contributed by atoms with Crippen LogP contribution in [0.15, 0.2) is 43.0 Å². The molecule has 0 spiro atoms. The Morgan fingerprint density at radius 1 is 1.26 bits per heavy atom. The highest BCUT2D eigenvalue weighted by Crippen LogP contribution is 2.08. The van der Waals surface area contributed by atoms with Crippen molar-refractivity contribution in [3.63, 3.8) is 0 Å². The van der Waals surface area contributed by atoms with Gasteiger partial charge in [-0.15, -0.1) is 0 Å². The molecule has 0 radical (unpaired) electrons. The average molecular weight is 262 g/mol. The topological polar surface area (TPSA) is 52.6 Å². The maximum absolute atomic E-state index is 11.6. The van der Waals surface area contributed by atoms with Gasteiger partial charge in [0, 0.05) is 0 Å². The van der Waals surface area contributed by atoms with E-state index in [-0.39, 0.29) is 19.6 Å². The van der Waals surface area contributed by atoms with E-state index in [1.807, 2.05) is 30.3 Å². The van der Waals surface area contributed by atoms with Crippen LogP contribution in [0, 0.1) is 5.92 Å². The largest absolute Gasteiger partial charge is 0.461 e. The van der Waals surface area contributed by atoms with Gasteiger partial charge in [0.2, 0.25) is 0 Å². The van der Waals surface area contributed by atoms with Crippen LogP contribution < -0.4 is 0 Å².